The van der Waals surface area contributed by atoms with Gasteiger partial charge in [0.15, 0.2) is 0 Å². The normalized spacial score (nSPS) is 14.0. The number of carbonyl (C=O) groups is 1. The first kappa shape index (κ1) is 21.6. The number of anilines is 1. The number of rotatable bonds is 5. The van der Waals surface area contributed by atoms with Crippen LogP contribution in [0.1, 0.15) is 5.56 Å². The molecule has 1 saturated heterocycles. The topological polar surface area (TPSA) is 54.3 Å². The van der Waals surface area contributed by atoms with Gasteiger partial charge in [0, 0.05) is 62.0 Å². The number of hydrogen-bond acceptors (Lipinski definition) is 4. The third kappa shape index (κ3) is 4.59. The van der Waals surface area contributed by atoms with E-state index in [-0.39, 0.29) is 11.7 Å². The van der Waals surface area contributed by atoms with Gasteiger partial charge in [0.2, 0.25) is 5.91 Å². The summed E-state index contributed by atoms with van der Waals surface area (Å²) in [6, 6.07) is 20.4. The highest BCUT2D eigenvalue weighted by Gasteiger charge is 2.21. The van der Waals surface area contributed by atoms with Gasteiger partial charge in [-0.3, -0.25) is 9.78 Å². The molecule has 1 amide bonds. The lowest BCUT2D eigenvalue weighted by molar-refractivity contribution is -0.126. The molecule has 6 nitrogen and oxygen atoms in total. The number of pyridine rings is 1. The maximum absolute atomic E-state index is 14.1. The molecule has 7 heteroatoms. The molecule has 5 rings (SSSR count). The van der Waals surface area contributed by atoms with Crippen LogP contribution in [0.4, 0.5) is 10.1 Å². The van der Waals surface area contributed by atoms with Gasteiger partial charge in [-0.2, -0.15) is 5.10 Å². The molecule has 0 spiro atoms. The predicted molar refractivity (Wildman–Crippen MR) is 131 cm³/mol. The second-order valence-corrected chi connectivity index (χ2v) is 8.05. The fourth-order valence-corrected chi connectivity index (χ4v) is 4.09. The summed E-state index contributed by atoms with van der Waals surface area (Å²) in [6.07, 6.45) is 8.79. The number of para-hydroxylation sites is 2. The second kappa shape index (κ2) is 9.70. The van der Waals surface area contributed by atoms with Gasteiger partial charge in [-0.25, -0.2) is 9.07 Å². The van der Waals surface area contributed by atoms with E-state index in [2.05, 4.69) is 4.98 Å². The highest BCUT2D eigenvalue weighted by atomic mass is 19.1. The van der Waals surface area contributed by atoms with E-state index in [9.17, 15) is 9.18 Å². The first-order valence-electron chi connectivity index (χ1n) is 11.2. The van der Waals surface area contributed by atoms with Crippen molar-refractivity contribution in [1.29, 1.82) is 0 Å². The van der Waals surface area contributed by atoms with Crippen molar-refractivity contribution in [2.24, 2.45) is 0 Å². The number of amides is 1. The fraction of sp³-hybridized carbons (Fsp3) is 0.148. The molecule has 1 aliphatic heterocycles. The predicted octanol–water partition coefficient (Wildman–Crippen LogP) is 4.44. The Kier molecular flexibility index (Phi) is 6.16. The maximum Gasteiger partial charge on any atom is 0.246 e. The van der Waals surface area contributed by atoms with E-state index in [0.717, 1.165) is 22.5 Å². The summed E-state index contributed by atoms with van der Waals surface area (Å²) in [5.74, 6) is -0.307. The summed E-state index contributed by atoms with van der Waals surface area (Å²) in [6.45, 7) is 2.26. The second-order valence-electron chi connectivity index (χ2n) is 8.05. The van der Waals surface area contributed by atoms with E-state index >= 15 is 0 Å². The summed E-state index contributed by atoms with van der Waals surface area (Å²) in [5.41, 5.74) is 3.98. The van der Waals surface area contributed by atoms with Crippen molar-refractivity contribution in [2.75, 3.05) is 31.1 Å². The SMILES string of the molecule is O=C(C=Cc1cn(-c2ccccc2)nc1-c1cccnc1)N1CCN(c2ccccc2F)CC1. The van der Waals surface area contributed by atoms with Crippen LogP contribution in [0, 0.1) is 5.82 Å². The summed E-state index contributed by atoms with van der Waals surface area (Å²) >= 11 is 0. The molecular formula is C27H24FN5O. The largest absolute Gasteiger partial charge is 0.366 e. The van der Waals surface area contributed by atoms with E-state index in [0.29, 0.717) is 31.9 Å². The first-order chi connectivity index (χ1) is 16.7. The van der Waals surface area contributed by atoms with Gasteiger partial charge < -0.3 is 9.80 Å². The zero-order valence-corrected chi connectivity index (χ0v) is 18.6. The zero-order chi connectivity index (χ0) is 23.3. The van der Waals surface area contributed by atoms with E-state index in [1.54, 1.807) is 46.3 Å². The van der Waals surface area contributed by atoms with Gasteiger partial charge >= 0.3 is 0 Å². The van der Waals surface area contributed by atoms with Crippen molar-refractivity contribution in [1.82, 2.24) is 19.7 Å². The van der Waals surface area contributed by atoms with Crippen LogP contribution in [-0.4, -0.2) is 51.8 Å². The molecule has 0 saturated carbocycles. The Bertz CT molecular complexity index is 1300. The number of hydrogen-bond donors (Lipinski definition) is 0. The Morgan fingerprint density at radius 1 is 0.912 bits per heavy atom. The van der Waals surface area contributed by atoms with Crippen molar-refractivity contribution >= 4 is 17.7 Å². The lowest BCUT2D eigenvalue weighted by Crippen LogP contribution is -2.48. The van der Waals surface area contributed by atoms with Crippen LogP contribution in [0.2, 0.25) is 0 Å². The Balaban J connectivity index is 1.33. The molecule has 0 bridgehead atoms. The van der Waals surface area contributed by atoms with E-state index in [1.165, 1.54) is 6.07 Å². The Labute approximate surface area is 197 Å². The monoisotopic (exact) mass is 453 g/mol. The number of benzene rings is 2. The third-order valence-electron chi connectivity index (χ3n) is 5.89. The summed E-state index contributed by atoms with van der Waals surface area (Å²) in [4.78, 5) is 20.9. The molecule has 0 N–H and O–H groups in total. The van der Waals surface area contributed by atoms with Crippen LogP contribution in [0.5, 0.6) is 0 Å². The molecular weight excluding hydrogens is 429 g/mol. The van der Waals surface area contributed by atoms with Crippen LogP contribution in [0.15, 0.2) is 91.4 Å². The molecule has 3 heterocycles. The smallest absolute Gasteiger partial charge is 0.246 e. The summed E-state index contributed by atoms with van der Waals surface area (Å²) < 4.78 is 15.9. The number of halogens is 1. The van der Waals surface area contributed by atoms with Gasteiger partial charge in [-0.1, -0.05) is 30.3 Å². The third-order valence-corrected chi connectivity index (χ3v) is 5.89. The van der Waals surface area contributed by atoms with Crippen molar-refractivity contribution in [3.63, 3.8) is 0 Å². The van der Waals surface area contributed by atoms with Gasteiger partial charge in [-0.15, -0.1) is 0 Å². The standard InChI is InChI=1S/C27H24FN5O/c28-24-10-4-5-11-25(24)31-15-17-32(18-16-31)26(34)13-12-22-20-33(23-8-2-1-3-9-23)30-27(22)21-7-6-14-29-19-21/h1-14,19-20H,15-18H2. The van der Waals surface area contributed by atoms with Gasteiger partial charge in [-0.05, 0) is 42.5 Å². The minimum Gasteiger partial charge on any atom is -0.366 e. The van der Waals surface area contributed by atoms with Gasteiger partial charge in [0.05, 0.1) is 11.4 Å². The molecule has 0 unspecified atom stereocenters. The van der Waals surface area contributed by atoms with Gasteiger partial charge in [0.25, 0.3) is 0 Å². The average Bonchev–Trinajstić information content (AvgIpc) is 3.33. The van der Waals surface area contributed by atoms with Crippen LogP contribution >= 0.6 is 0 Å². The number of nitrogens with zero attached hydrogens (tertiary/aromatic N) is 5. The molecule has 170 valence electrons. The van der Waals surface area contributed by atoms with Crippen molar-refractivity contribution in [3.05, 3.63) is 103 Å². The molecule has 2 aromatic heterocycles. The highest BCUT2D eigenvalue weighted by Crippen LogP contribution is 2.25. The lowest BCUT2D eigenvalue weighted by atomic mass is 10.1. The Hall–Kier alpha value is -4.26. The van der Waals surface area contributed by atoms with Crippen LogP contribution in [0.25, 0.3) is 23.0 Å². The van der Waals surface area contributed by atoms with Crippen molar-refractivity contribution < 1.29 is 9.18 Å². The molecule has 0 radical (unpaired) electrons. The molecule has 1 aliphatic rings. The first-order valence-corrected chi connectivity index (χ1v) is 11.2. The minimum atomic E-state index is -0.236. The Morgan fingerprint density at radius 3 is 2.41 bits per heavy atom. The van der Waals surface area contributed by atoms with Crippen molar-refractivity contribution in [3.8, 4) is 16.9 Å². The fourth-order valence-electron chi connectivity index (χ4n) is 4.09. The van der Waals surface area contributed by atoms with Gasteiger partial charge in [0.1, 0.15) is 11.5 Å². The molecule has 1 fully saturated rings. The lowest BCUT2D eigenvalue weighted by Gasteiger charge is -2.35. The van der Waals surface area contributed by atoms with Crippen LogP contribution in [-0.2, 0) is 4.79 Å². The van der Waals surface area contributed by atoms with E-state index < -0.39 is 0 Å². The zero-order valence-electron chi connectivity index (χ0n) is 18.6. The molecule has 4 aromatic rings. The molecule has 0 atom stereocenters. The van der Waals surface area contributed by atoms with Crippen LogP contribution in [0.3, 0.4) is 0 Å². The number of aromatic nitrogens is 3. The average molecular weight is 454 g/mol. The van der Waals surface area contributed by atoms with Crippen LogP contribution < -0.4 is 4.90 Å². The Morgan fingerprint density at radius 2 is 1.68 bits per heavy atom. The van der Waals surface area contributed by atoms with E-state index in [1.807, 2.05) is 59.6 Å². The molecule has 2 aromatic carbocycles. The highest BCUT2D eigenvalue weighted by molar-refractivity contribution is 5.93. The minimum absolute atomic E-state index is 0.0715. The molecule has 0 aliphatic carbocycles. The summed E-state index contributed by atoms with van der Waals surface area (Å²) in [5, 5.41) is 4.75. The van der Waals surface area contributed by atoms with Crippen molar-refractivity contribution in [2.45, 2.75) is 0 Å². The quantitative estimate of drug-likeness (QED) is 0.420. The van der Waals surface area contributed by atoms with E-state index in [4.69, 9.17) is 5.10 Å². The number of piperazine rings is 1. The maximum atomic E-state index is 14.1. The summed E-state index contributed by atoms with van der Waals surface area (Å²) in [7, 11) is 0. The number of carbonyl (C=O) groups excluding carboxylic acids is 1. The molecule has 34 heavy (non-hydrogen) atoms.